The number of hydrogen-bond acceptors (Lipinski definition) is 4. The second-order valence-electron chi connectivity index (χ2n) is 8.47. The van der Waals surface area contributed by atoms with E-state index in [2.05, 4.69) is 5.32 Å². The third kappa shape index (κ3) is 4.42. The Hall–Kier alpha value is -3.99. The number of rotatable bonds is 6. The molecule has 0 aliphatic rings. The third-order valence-electron chi connectivity index (χ3n) is 6.07. The molecule has 0 saturated heterocycles. The van der Waals surface area contributed by atoms with E-state index in [-0.39, 0.29) is 5.91 Å². The standard InChI is InChI=1S/C29H29NO4/c1-17-7-8-18(2)26(13-17)30-27(31)14-19(3)23-15-24-25(21-9-11-22(32-5)12-10-21)16-34-29(24)20(4)28(23)33-6/h7-16H,1-6H3,(H,30,31)/b19-14+. The Balaban J connectivity index is 1.75. The Kier molecular flexibility index (Phi) is 6.46. The highest BCUT2D eigenvalue weighted by atomic mass is 16.5. The van der Waals surface area contributed by atoms with Crippen LogP contribution in [0.3, 0.4) is 0 Å². The van der Waals surface area contributed by atoms with Crippen molar-refractivity contribution in [2.24, 2.45) is 0 Å². The van der Waals surface area contributed by atoms with Crippen LogP contribution in [0.2, 0.25) is 0 Å². The number of benzene rings is 3. The van der Waals surface area contributed by atoms with Crippen molar-refractivity contribution in [1.82, 2.24) is 0 Å². The Bertz CT molecular complexity index is 1390. The SMILES string of the molecule is COc1ccc(-c2coc3c(C)c(OC)c(/C(C)=C/C(=O)Nc4cc(C)ccc4C)cc23)cc1. The van der Waals surface area contributed by atoms with Crippen molar-refractivity contribution in [3.05, 3.63) is 83.1 Å². The second kappa shape index (κ2) is 9.48. The van der Waals surface area contributed by atoms with Gasteiger partial charge in [0.1, 0.15) is 17.1 Å². The normalized spacial score (nSPS) is 11.5. The number of furan rings is 1. The topological polar surface area (TPSA) is 60.7 Å². The molecule has 0 saturated carbocycles. The first-order valence-corrected chi connectivity index (χ1v) is 11.1. The predicted octanol–water partition coefficient (Wildman–Crippen LogP) is 7.08. The molecule has 0 aliphatic heterocycles. The fraction of sp³-hybridized carbons (Fsp3) is 0.207. The molecule has 0 aliphatic carbocycles. The van der Waals surface area contributed by atoms with Crippen LogP contribution in [-0.4, -0.2) is 20.1 Å². The van der Waals surface area contributed by atoms with Crippen LogP contribution in [0.25, 0.3) is 27.7 Å². The Morgan fingerprint density at radius 2 is 1.71 bits per heavy atom. The summed E-state index contributed by atoms with van der Waals surface area (Å²) in [5, 5.41) is 3.96. The van der Waals surface area contributed by atoms with Gasteiger partial charge in [-0.25, -0.2) is 0 Å². The van der Waals surface area contributed by atoms with Gasteiger partial charge in [-0.05, 0) is 74.2 Å². The highest BCUT2D eigenvalue weighted by molar-refractivity contribution is 6.06. The van der Waals surface area contributed by atoms with Crippen LogP contribution >= 0.6 is 0 Å². The summed E-state index contributed by atoms with van der Waals surface area (Å²) in [4.78, 5) is 12.8. The zero-order valence-electron chi connectivity index (χ0n) is 20.4. The lowest BCUT2D eigenvalue weighted by Gasteiger charge is -2.14. The molecule has 0 radical (unpaired) electrons. The number of methoxy groups -OCH3 is 2. The van der Waals surface area contributed by atoms with E-state index in [1.54, 1.807) is 26.6 Å². The van der Waals surface area contributed by atoms with Crippen molar-refractivity contribution < 1.29 is 18.7 Å². The first kappa shape index (κ1) is 23.2. The second-order valence-corrected chi connectivity index (χ2v) is 8.47. The minimum absolute atomic E-state index is 0.187. The number of anilines is 1. The molecule has 4 aromatic rings. The number of allylic oxidation sites excluding steroid dienone is 1. The minimum atomic E-state index is -0.187. The van der Waals surface area contributed by atoms with Crippen molar-refractivity contribution in [3.8, 4) is 22.6 Å². The van der Waals surface area contributed by atoms with Gasteiger partial charge in [0.15, 0.2) is 0 Å². The molecule has 0 bridgehead atoms. The van der Waals surface area contributed by atoms with E-state index >= 15 is 0 Å². The summed E-state index contributed by atoms with van der Waals surface area (Å²) in [6.07, 6.45) is 3.37. The molecule has 0 fully saturated rings. The van der Waals surface area contributed by atoms with E-state index in [0.29, 0.717) is 5.75 Å². The molecule has 1 heterocycles. The lowest BCUT2D eigenvalue weighted by atomic mass is 9.96. The molecule has 0 unspecified atom stereocenters. The van der Waals surface area contributed by atoms with Gasteiger partial charge in [-0.3, -0.25) is 4.79 Å². The molecule has 34 heavy (non-hydrogen) atoms. The van der Waals surface area contributed by atoms with Gasteiger partial charge in [0.25, 0.3) is 0 Å². The van der Waals surface area contributed by atoms with Gasteiger partial charge in [-0.15, -0.1) is 0 Å². The summed E-state index contributed by atoms with van der Waals surface area (Å²) in [7, 11) is 3.28. The predicted molar refractivity (Wildman–Crippen MR) is 138 cm³/mol. The molecule has 1 amide bonds. The van der Waals surface area contributed by atoms with Gasteiger partial charge in [-0.1, -0.05) is 24.3 Å². The van der Waals surface area contributed by atoms with Crippen molar-refractivity contribution >= 4 is 28.1 Å². The van der Waals surface area contributed by atoms with E-state index in [9.17, 15) is 4.79 Å². The fourth-order valence-electron chi connectivity index (χ4n) is 4.18. The number of amides is 1. The number of nitrogens with one attached hydrogen (secondary N) is 1. The van der Waals surface area contributed by atoms with E-state index < -0.39 is 0 Å². The maximum absolute atomic E-state index is 12.8. The quantitative estimate of drug-likeness (QED) is 0.316. The van der Waals surface area contributed by atoms with E-state index in [4.69, 9.17) is 13.9 Å². The zero-order valence-corrected chi connectivity index (χ0v) is 20.4. The summed E-state index contributed by atoms with van der Waals surface area (Å²) < 4.78 is 17.0. The number of ether oxygens (including phenoxy) is 2. The molecular weight excluding hydrogens is 426 g/mol. The van der Waals surface area contributed by atoms with Gasteiger partial charge >= 0.3 is 0 Å². The first-order valence-electron chi connectivity index (χ1n) is 11.1. The Morgan fingerprint density at radius 1 is 0.971 bits per heavy atom. The molecular formula is C29H29NO4. The lowest BCUT2D eigenvalue weighted by Crippen LogP contribution is -2.10. The van der Waals surface area contributed by atoms with Crippen LogP contribution in [0.15, 0.2) is 65.3 Å². The monoisotopic (exact) mass is 455 g/mol. The van der Waals surface area contributed by atoms with Crippen molar-refractivity contribution in [2.75, 3.05) is 19.5 Å². The Labute approximate surface area is 200 Å². The molecule has 0 atom stereocenters. The maximum Gasteiger partial charge on any atom is 0.248 e. The average molecular weight is 456 g/mol. The molecule has 1 aromatic heterocycles. The molecule has 3 aromatic carbocycles. The van der Waals surface area contributed by atoms with Gasteiger partial charge in [0.05, 0.1) is 20.5 Å². The highest BCUT2D eigenvalue weighted by Gasteiger charge is 2.19. The summed E-state index contributed by atoms with van der Waals surface area (Å²) in [6.45, 7) is 7.87. The van der Waals surface area contributed by atoms with Crippen molar-refractivity contribution in [3.63, 3.8) is 0 Å². The van der Waals surface area contributed by atoms with E-state index in [1.165, 1.54) is 0 Å². The number of fused-ring (bicyclic) bond motifs is 1. The first-order chi connectivity index (χ1) is 16.3. The number of carbonyl (C=O) groups excluding carboxylic acids is 1. The Morgan fingerprint density at radius 3 is 2.38 bits per heavy atom. The summed E-state index contributed by atoms with van der Waals surface area (Å²) in [5.41, 5.74) is 8.20. The van der Waals surface area contributed by atoms with Gasteiger partial charge < -0.3 is 19.2 Å². The van der Waals surface area contributed by atoms with Gasteiger partial charge in [0, 0.05) is 33.8 Å². The van der Waals surface area contributed by atoms with Crippen molar-refractivity contribution in [1.29, 1.82) is 0 Å². The lowest BCUT2D eigenvalue weighted by molar-refractivity contribution is -0.111. The van der Waals surface area contributed by atoms with Crippen LogP contribution in [-0.2, 0) is 4.79 Å². The molecule has 1 N–H and O–H groups in total. The summed E-state index contributed by atoms with van der Waals surface area (Å²) in [6, 6.07) is 15.9. The molecule has 4 rings (SSSR count). The maximum atomic E-state index is 12.8. The molecule has 5 nitrogen and oxygen atoms in total. The zero-order chi connectivity index (χ0) is 24.4. The van der Waals surface area contributed by atoms with Crippen LogP contribution in [0.1, 0.15) is 29.2 Å². The minimum Gasteiger partial charge on any atom is -0.497 e. The molecule has 5 heteroatoms. The molecule has 174 valence electrons. The van der Waals surface area contributed by atoms with Crippen LogP contribution < -0.4 is 14.8 Å². The van der Waals surface area contributed by atoms with Crippen LogP contribution in [0.5, 0.6) is 11.5 Å². The largest absolute Gasteiger partial charge is 0.497 e. The third-order valence-corrected chi connectivity index (χ3v) is 6.07. The number of aryl methyl sites for hydroxylation is 3. The fourth-order valence-corrected chi connectivity index (χ4v) is 4.18. The number of carbonyl (C=O) groups is 1. The highest BCUT2D eigenvalue weighted by Crippen LogP contribution is 2.40. The van der Waals surface area contributed by atoms with E-state index in [1.807, 2.05) is 76.2 Å². The average Bonchev–Trinajstić information content (AvgIpc) is 3.25. The summed E-state index contributed by atoms with van der Waals surface area (Å²) >= 11 is 0. The van der Waals surface area contributed by atoms with Crippen LogP contribution in [0.4, 0.5) is 5.69 Å². The van der Waals surface area contributed by atoms with Gasteiger partial charge in [-0.2, -0.15) is 0 Å². The summed E-state index contributed by atoms with van der Waals surface area (Å²) in [5.74, 6) is 1.30. The van der Waals surface area contributed by atoms with E-state index in [0.717, 1.165) is 61.4 Å². The smallest absolute Gasteiger partial charge is 0.248 e. The van der Waals surface area contributed by atoms with Crippen LogP contribution in [0, 0.1) is 20.8 Å². The van der Waals surface area contributed by atoms with Crippen molar-refractivity contribution in [2.45, 2.75) is 27.7 Å². The van der Waals surface area contributed by atoms with Gasteiger partial charge in [0.2, 0.25) is 5.91 Å². The number of hydrogen-bond donors (Lipinski definition) is 1. The molecule has 0 spiro atoms.